The van der Waals surface area contributed by atoms with Crippen molar-refractivity contribution in [1.29, 1.82) is 0 Å². The van der Waals surface area contributed by atoms with Crippen LogP contribution in [0.5, 0.6) is 0 Å². The van der Waals surface area contributed by atoms with Crippen LogP contribution in [0.15, 0.2) is 40.9 Å². The zero-order valence-electron chi connectivity index (χ0n) is 11.1. The van der Waals surface area contributed by atoms with E-state index in [1.807, 2.05) is 30.3 Å². The highest BCUT2D eigenvalue weighted by molar-refractivity contribution is 9.10. The Kier molecular flexibility index (Phi) is 3.36. The summed E-state index contributed by atoms with van der Waals surface area (Å²) in [5, 5.41) is 3.33. The Morgan fingerprint density at radius 3 is 2.90 bits per heavy atom. The van der Waals surface area contributed by atoms with E-state index in [9.17, 15) is 0 Å². The predicted molar refractivity (Wildman–Crippen MR) is 87.3 cm³/mol. The van der Waals surface area contributed by atoms with Gasteiger partial charge < -0.3 is 16.0 Å². The van der Waals surface area contributed by atoms with Crippen LogP contribution in [-0.4, -0.2) is 9.97 Å². The van der Waals surface area contributed by atoms with Crippen LogP contribution < -0.4 is 11.1 Å². The average molecular weight is 331 g/mol. The van der Waals surface area contributed by atoms with Crippen molar-refractivity contribution in [3.63, 3.8) is 0 Å². The first kappa shape index (κ1) is 13.0. The molecule has 0 amide bonds. The fraction of sp³-hybridized carbons (Fsp3) is 0.133. The molecule has 0 saturated heterocycles. The van der Waals surface area contributed by atoms with E-state index in [4.69, 9.17) is 5.73 Å². The molecule has 0 aliphatic heterocycles. The van der Waals surface area contributed by atoms with E-state index >= 15 is 0 Å². The van der Waals surface area contributed by atoms with Crippen LogP contribution >= 0.6 is 15.9 Å². The van der Waals surface area contributed by atoms with Gasteiger partial charge in [0.05, 0.1) is 11.0 Å². The average Bonchev–Trinajstić information content (AvgIpc) is 2.82. The van der Waals surface area contributed by atoms with Gasteiger partial charge in [0.15, 0.2) is 0 Å². The number of nitrogens with zero attached hydrogens (tertiary/aromatic N) is 1. The largest absolute Gasteiger partial charge is 0.399 e. The van der Waals surface area contributed by atoms with Gasteiger partial charge in [-0.3, -0.25) is 0 Å². The van der Waals surface area contributed by atoms with Crippen LogP contribution in [0.3, 0.4) is 0 Å². The van der Waals surface area contributed by atoms with Gasteiger partial charge in [0.1, 0.15) is 0 Å². The summed E-state index contributed by atoms with van der Waals surface area (Å²) in [6, 6.07) is 11.8. The summed E-state index contributed by atoms with van der Waals surface area (Å²) in [4.78, 5) is 7.75. The molecule has 0 bridgehead atoms. The van der Waals surface area contributed by atoms with Crippen molar-refractivity contribution in [2.45, 2.75) is 13.3 Å². The highest BCUT2D eigenvalue weighted by Crippen LogP contribution is 2.25. The molecule has 20 heavy (non-hydrogen) atoms. The van der Waals surface area contributed by atoms with Crippen LogP contribution in [0.25, 0.3) is 11.0 Å². The highest BCUT2D eigenvalue weighted by atomic mass is 79.9. The minimum Gasteiger partial charge on any atom is -0.399 e. The number of aromatic nitrogens is 2. The Balaban J connectivity index is 1.96. The Hall–Kier alpha value is -2.01. The number of aryl methyl sites for hydroxylation is 1. The molecule has 4 N–H and O–H groups in total. The molecule has 0 spiro atoms. The number of aromatic amines is 1. The Morgan fingerprint density at radius 1 is 1.25 bits per heavy atom. The first-order chi connectivity index (χ1) is 9.65. The number of nitrogens with two attached hydrogens (primary N) is 1. The lowest BCUT2D eigenvalue weighted by atomic mass is 10.1. The van der Waals surface area contributed by atoms with Crippen molar-refractivity contribution in [1.82, 2.24) is 9.97 Å². The monoisotopic (exact) mass is 330 g/mol. The normalized spacial score (nSPS) is 10.9. The molecule has 0 aliphatic rings. The first-order valence-corrected chi connectivity index (χ1v) is 7.25. The minimum atomic E-state index is 0.725. The minimum absolute atomic E-state index is 0.725. The second-order valence-corrected chi connectivity index (χ2v) is 5.56. The summed E-state index contributed by atoms with van der Waals surface area (Å²) in [5.74, 6) is 0.725. The second kappa shape index (κ2) is 5.17. The Bertz CT molecular complexity index is 764. The molecule has 2 aromatic carbocycles. The molecule has 0 atom stereocenters. The van der Waals surface area contributed by atoms with E-state index in [2.05, 4.69) is 44.2 Å². The lowest BCUT2D eigenvalue weighted by Crippen LogP contribution is -1.96. The molecule has 3 aromatic rings. The summed E-state index contributed by atoms with van der Waals surface area (Å²) in [6.45, 7) is 2.13. The number of H-pyrrole nitrogens is 1. The van der Waals surface area contributed by atoms with Gasteiger partial charge in [0.2, 0.25) is 5.95 Å². The first-order valence-electron chi connectivity index (χ1n) is 6.46. The molecule has 102 valence electrons. The summed E-state index contributed by atoms with van der Waals surface area (Å²) >= 11 is 3.49. The number of fused-ring (bicyclic) bond motifs is 1. The maximum Gasteiger partial charge on any atom is 0.205 e. The SMILES string of the molecule is CCc1cc(Br)ccc1Nc1nc2ccc(N)cc2[nH]1. The lowest BCUT2D eigenvalue weighted by molar-refractivity contribution is 1.13. The lowest BCUT2D eigenvalue weighted by Gasteiger charge is -2.09. The third-order valence-corrected chi connectivity index (χ3v) is 3.70. The molecule has 1 heterocycles. The van der Waals surface area contributed by atoms with Crippen molar-refractivity contribution in [2.75, 3.05) is 11.1 Å². The topological polar surface area (TPSA) is 66.7 Å². The zero-order chi connectivity index (χ0) is 14.1. The number of benzene rings is 2. The van der Waals surface area contributed by atoms with Crippen LogP contribution in [0.4, 0.5) is 17.3 Å². The number of nitrogen functional groups attached to an aromatic ring is 1. The van der Waals surface area contributed by atoms with Crippen LogP contribution in [0.1, 0.15) is 12.5 Å². The van der Waals surface area contributed by atoms with E-state index < -0.39 is 0 Å². The fourth-order valence-electron chi connectivity index (χ4n) is 2.19. The molecular formula is C15H15BrN4. The molecule has 0 saturated carbocycles. The number of rotatable bonds is 3. The van der Waals surface area contributed by atoms with E-state index in [-0.39, 0.29) is 0 Å². The predicted octanol–water partition coefficient (Wildman–Crippen LogP) is 4.21. The van der Waals surface area contributed by atoms with Gasteiger partial charge >= 0.3 is 0 Å². The van der Waals surface area contributed by atoms with Gasteiger partial charge in [-0.05, 0) is 48.4 Å². The van der Waals surface area contributed by atoms with Crippen molar-refractivity contribution in [3.8, 4) is 0 Å². The smallest absolute Gasteiger partial charge is 0.205 e. The molecule has 3 rings (SSSR count). The van der Waals surface area contributed by atoms with Gasteiger partial charge in [-0.2, -0.15) is 0 Å². The molecule has 0 radical (unpaired) electrons. The molecular weight excluding hydrogens is 316 g/mol. The van der Waals surface area contributed by atoms with Crippen molar-refractivity contribution < 1.29 is 0 Å². The van der Waals surface area contributed by atoms with Gasteiger partial charge in [0.25, 0.3) is 0 Å². The molecule has 0 unspecified atom stereocenters. The maximum atomic E-state index is 5.77. The fourth-order valence-corrected chi connectivity index (χ4v) is 2.60. The van der Waals surface area contributed by atoms with E-state index in [0.717, 1.165) is 39.3 Å². The summed E-state index contributed by atoms with van der Waals surface area (Å²) < 4.78 is 1.08. The van der Waals surface area contributed by atoms with E-state index in [1.54, 1.807) is 0 Å². The van der Waals surface area contributed by atoms with Gasteiger partial charge in [-0.1, -0.05) is 22.9 Å². The highest BCUT2D eigenvalue weighted by Gasteiger charge is 2.06. The number of halogens is 1. The number of nitrogens with one attached hydrogen (secondary N) is 2. The summed E-state index contributed by atoms with van der Waals surface area (Å²) in [7, 11) is 0. The Morgan fingerprint density at radius 2 is 2.10 bits per heavy atom. The third kappa shape index (κ3) is 2.49. The van der Waals surface area contributed by atoms with Crippen molar-refractivity contribution in [3.05, 3.63) is 46.4 Å². The molecule has 4 nitrogen and oxygen atoms in total. The van der Waals surface area contributed by atoms with Crippen molar-refractivity contribution >= 4 is 44.3 Å². The number of imidazole rings is 1. The standard InChI is InChI=1S/C15H15BrN4/c1-2-9-7-10(16)3-5-12(9)18-15-19-13-6-4-11(17)8-14(13)20-15/h3-8H,2,17H2,1H3,(H2,18,19,20). The van der Waals surface area contributed by atoms with Crippen LogP contribution in [-0.2, 0) is 6.42 Å². The van der Waals surface area contributed by atoms with E-state index in [0.29, 0.717) is 0 Å². The zero-order valence-corrected chi connectivity index (χ0v) is 12.7. The molecule has 0 aliphatic carbocycles. The van der Waals surface area contributed by atoms with Gasteiger partial charge in [0, 0.05) is 15.8 Å². The number of anilines is 3. The second-order valence-electron chi connectivity index (χ2n) is 4.64. The maximum absolute atomic E-state index is 5.77. The summed E-state index contributed by atoms with van der Waals surface area (Å²) in [6.07, 6.45) is 0.953. The summed E-state index contributed by atoms with van der Waals surface area (Å²) in [5.41, 5.74) is 10.6. The Labute approximate surface area is 125 Å². The number of hydrogen-bond donors (Lipinski definition) is 3. The van der Waals surface area contributed by atoms with Crippen LogP contribution in [0, 0.1) is 0 Å². The van der Waals surface area contributed by atoms with Gasteiger partial charge in [-0.25, -0.2) is 4.98 Å². The van der Waals surface area contributed by atoms with Gasteiger partial charge in [-0.15, -0.1) is 0 Å². The number of hydrogen-bond acceptors (Lipinski definition) is 3. The molecule has 0 fully saturated rings. The van der Waals surface area contributed by atoms with Crippen LogP contribution in [0.2, 0.25) is 0 Å². The molecule has 1 aromatic heterocycles. The van der Waals surface area contributed by atoms with Crippen molar-refractivity contribution in [2.24, 2.45) is 0 Å². The van der Waals surface area contributed by atoms with E-state index in [1.165, 1.54) is 5.56 Å². The molecule has 5 heteroatoms. The third-order valence-electron chi connectivity index (χ3n) is 3.21. The quantitative estimate of drug-likeness (QED) is 0.630.